The predicted molar refractivity (Wildman–Crippen MR) is 126 cm³/mol. The van der Waals surface area contributed by atoms with Crippen molar-refractivity contribution < 1.29 is 4.74 Å². The van der Waals surface area contributed by atoms with E-state index in [4.69, 9.17) is 4.74 Å². The molecule has 0 aromatic carbocycles. The van der Waals surface area contributed by atoms with Crippen molar-refractivity contribution in [3.05, 3.63) is 12.7 Å². The Morgan fingerprint density at radius 1 is 0.733 bits per heavy atom. The van der Waals surface area contributed by atoms with E-state index in [1.165, 1.54) is 70.6 Å². The molecular formula is C29H48O. The molecule has 0 heterocycles. The summed E-state index contributed by atoms with van der Waals surface area (Å²) in [6.07, 6.45) is 18.5. The van der Waals surface area contributed by atoms with Gasteiger partial charge < -0.3 is 4.74 Å². The predicted octanol–water partition coefficient (Wildman–Crippen LogP) is 8.04. The van der Waals surface area contributed by atoms with Gasteiger partial charge in [-0.25, -0.2) is 0 Å². The number of fused-ring (bicyclic) bond motifs is 7. The van der Waals surface area contributed by atoms with Crippen LogP contribution in [-0.4, -0.2) is 13.2 Å². The minimum atomic E-state index is 0.302. The number of allylic oxidation sites excluding steroid dienone is 1. The number of methoxy groups -OCH3 is 1. The molecule has 170 valence electrons. The zero-order chi connectivity index (χ0) is 21.6. The summed E-state index contributed by atoms with van der Waals surface area (Å²) in [6, 6.07) is 0. The van der Waals surface area contributed by atoms with Crippen LogP contribution in [0.2, 0.25) is 0 Å². The van der Waals surface area contributed by atoms with Crippen LogP contribution in [0.4, 0.5) is 0 Å². The second kappa shape index (κ2) is 6.61. The van der Waals surface area contributed by atoms with Crippen molar-refractivity contribution in [2.75, 3.05) is 7.11 Å². The zero-order valence-corrected chi connectivity index (χ0v) is 20.9. The van der Waals surface area contributed by atoms with Crippen LogP contribution in [0.25, 0.3) is 0 Å². The van der Waals surface area contributed by atoms with Crippen molar-refractivity contribution in [1.29, 1.82) is 0 Å². The van der Waals surface area contributed by atoms with Gasteiger partial charge in [-0.2, -0.15) is 0 Å². The molecule has 0 aliphatic heterocycles. The highest BCUT2D eigenvalue weighted by Gasteiger charge is 2.69. The van der Waals surface area contributed by atoms with Crippen LogP contribution in [-0.2, 0) is 4.74 Å². The molecule has 30 heavy (non-hydrogen) atoms. The maximum atomic E-state index is 6.03. The van der Waals surface area contributed by atoms with E-state index in [-0.39, 0.29) is 0 Å². The maximum Gasteiger partial charge on any atom is 0.0625 e. The van der Waals surface area contributed by atoms with Crippen molar-refractivity contribution in [2.45, 2.75) is 111 Å². The topological polar surface area (TPSA) is 9.23 Å². The van der Waals surface area contributed by atoms with Gasteiger partial charge in [-0.05, 0) is 115 Å². The molecule has 9 atom stereocenters. The molecule has 0 bridgehead atoms. The fraction of sp³-hybridized carbons (Fsp3) is 0.931. The number of ether oxygens (including phenoxy) is 1. The van der Waals surface area contributed by atoms with Gasteiger partial charge in [0, 0.05) is 7.11 Å². The van der Waals surface area contributed by atoms with Gasteiger partial charge in [-0.1, -0.05) is 47.1 Å². The van der Waals surface area contributed by atoms with E-state index in [0.717, 1.165) is 23.7 Å². The van der Waals surface area contributed by atoms with Crippen LogP contribution in [0.15, 0.2) is 12.7 Å². The monoisotopic (exact) mass is 412 g/mol. The molecule has 1 nitrogen and oxygen atoms in total. The minimum absolute atomic E-state index is 0.302. The van der Waals surface area contributed by atoms with Gasteiger partial charge in [0.15, 0.2) is 0 Å². The standard InChI is InChI=1S/C29H48O/c1-8-29-15-9-10-21(29)20-11-12-23-26(4)16-14-24(30-7)25(2,3)22(26)13-17-28(23,6)27(20,5)18-19-29/h8,20-24H,1,9-19H2,2-7H3/t20?,21?,22?,23?,24-,26-,27+,28+,29+/m0/s1. The lowest BCUT2D eigenvalue weighted by Gasteiger charge is -2.72. The number of hydrogen-bond acceptors (Lipinski definition) is 1. The summed E-state index contributed by atoms with van der Waals surface area (Å²) in [5.41, 5.74) is 2.30. The van der Waals surface area contributed by atoms with Crippen molar-refractivity contribution in [3.8, 4) is 0 Å². The van der Waals surface area contributed by atoms with Gasteiger partial charge in [0.1, 0.15) is 0 Å². The van der Waals surface area contributed by atoms with Gasteiger partial charge in [0.2, 0.25) is 0 Å². The van der Waals surface area contributed by atoms with E-state index in [1.807, 2.05) is 7.11 Å². The highest BCUT2D eigenvalue weighted by molar-refractivity contribution is 5.20. The summed E-state index contributed by atoms with van der Waals surface area (Å²) in [5, 5.41) is 0. The lowest BCUT2D eigenvalue weighted by atomic mass is 9.32. The summed E-state index contributed by atoms with van der Waals surface area (Å²) >= 11 is 0. The molecule has 5 rings (SSSR count). The molecule has 0 amide bonds. The Balaban J connectivity index is 1.52. The van der Waals surface area contributed by atoms with Crippen LogP contribution in [0.3, 0.4) is 0 Å². The molecule has 5 aliphatic rings. The lowest BCUT2D eigenvalue weighted by molar-refractivity contribution is -0.245. The fourth-order valence-corrected chi connectivity index (χ4v) is 11.4. The van der Waals surface area contributed by atoms with Crippen molar-refractivity contribution in [2.24, 2.45) is 50.7 Å². The van der Waals surface area contributed by atoms with E-state index in [2.05, 4.69) is 47.3 Å². The molecule has 0 saturated heterocycles. The molecule has 0 spiro atoms. The molecular weight excluding hydrogens is 364 g/mol. The molecule has 0 aromatic heterocycles. The van der Waals surface area contributed by atoms with Crippen molar-refractivity contribution in [3.63, 3.8) is 0 Å². The van der Waals surface area contributed by atoms with Crippen LogP contribution in [0.1, 0.15) is 105 Å². The molecule has 0 radical (unpaired) electrons. The Morgan fingerprint density at radius 2 is 1.50 bits per heavy atom. The first-order valence-corrected chi connectivity index (χ1v) is 13.3. The zero-order valence-electron chi connectivity index (χ0n) is 20.9. The first kappa shape index (κ1) is 21.5. The average Bonchev–Trinajstić information content (AvgIpc) is 3.13. The van der Waals surface area contributed by atoms with E-state index in [9.17, 15) is 0 Å². The van der Waals surface area contributed by atoms with Crippen LogP contribution in [0, 0.1) is 50.7 Å². The van der Waals surface area contributed by atoms with E-state index in [0.29, 0.717) is 33.2 Å². The highest BCUT2D eigenvalue weighted by Crippen LogP contribution is 2.76. The third-order valence-corrected chi connectivity index (χ3v) is 13.1. The average molecular weight is 413 g/mol. The summed E-state index contributed by atoms with van der Waals surface area (Å²) in [6.45, 7) is 17.6. The molecule has 5 aliphatic carbocycles. The largest absolute Gasteiger partial charge is 0.381 e. The Bertz CT molecular complexity index is 709. The third kappa shape index (κ3) is 2.40. The minimum Gasteiger partial charge on any atom is -0.381 e. The van der Waals surface area contributed by atoms with Gasteiger partial charge >= 0.3 is 0 Å². The Labute approximate surface area is 186 Å². The first-order valence-electron chi connectivity index (χ1n) is 13.3. The summed E-state index contributed by atoms with van der Waals surface area (Å²) in [4.78, 5) is 0. The smallest absolute Gasteiger partial charge is 0.0625 e. The van der Waals surface area contributed by atoms with Crippen LogP contribution >= 0.6 is 0 Å². The summed E-state index contributed by atoms with van der Waals surface area (Å²) < 4.78 is 6.03. The van der Waals surface area contributed by atoms with Crippen LogP contribution in [0.5, 0.6) is 0 Å². The van der Waals surface area contributed by atoms with E-state index >= 15 is 0 Å². The summed E-state index contributed by atoms with van der Waals surface area (Å²) in [5.74, 6) is 3.54. The molecule has 0 aromatic rings. The van der Waals surface area contributed by atoms with Crippen molar-refractivity contribution in [1.82, 2.24) is 0 Å². The first-order chi connectivity index (χ1) is 14.1. The Kier molecular flexibility index (Phi) is 4.75. The second-order valence-corrected chi connectivity index (χ2v) is 13.7. The van der Waals surface area contributed by atoms with E-state index in [1.54, 1.807) is 0 Å². The van der Waals surface area contributed by atoms with Crippen molar-refractivity contribution >= 4 is 0 Å². The molecule has 4 unspecified atom stereocenters. The molecule has 5 fully saturated rings. The van der Waals surface area contributed by atoms with Crippen LogP contribution < -0.4 is 0 Å². The number of hydrogen-bond donors (Lipinski definition) is 0. The third-order valence-electron chi connectivity index (χ3n) is 13.1. The lowest BCUT2D eigenvalue weighted by Crippen LogP contribution is -2.66. The number of rotatable bonds is 2. The van der Waals surface area contributed by atoms with Gasteiger partial charge in [0.05, 0.1) is 6.10 Å². The highest BCUT2D eigenvalue weighted by atomic mass is 16.5. The van der Waals surface area contributed by atoms with Gasteiger partial charge in [-0.15, -0.1) is 6.58 Å². The molecule has 0 N–H and O–H groups in total. The normalized spacial score (nSPS) is 56.9. The van der Waals surface area contributed by atoms with Gasteiger partial charge in [0.25, 0.3) is 0 Å². The Morgan fingerprint density at radius 3 is 2.20 bits per heavy atom. The van der Waals surface area contributed by atoms with E-state index < -0.39 is 0 Å². The quantitative estimate of drug-likeness (QED) is 0.417. The maximum absolute atomic E-state index is 6.03. The fourth-order valence-electron chi connectivity index (χ4n) is 11.4. The SMILES string of the molecule is C=C[C@]12CCCC1C1CCC3[C@@]4(C)CC[C@H](OC)C(C)(C)C4CC[C@@]3(C)[C@]1(C)CC2. The van der Waals surface area contributed by atoms with Gasteiger partial charge in [-0.3, -0.25) is 0 Å². The molecule has 5 saturated carbocycles. The molecule has 1 heteroatoms. The Hall–Kier alpha value is -0.300. The second-order valence-electron chi connectivity index (χ2n) is 13.7. The summed E-state index contributed by atoms with van der Waals surface area (Å²) in [7, 11) is 1.95.